The van der Waals surface area contributed by atoms with E-state index in [0.717, 1.165) is 48.5 Å². The second kappa shape index (κ2) is 6.65. The standard InChI is InChI=1S/C19H20ClFN4/c20-15-8-7-13(10-16(15)21)11-25-18-6-2-1-5-17(18)23-19(25)24-9-3-4-14(22)12-24/h1-2,5-8,10,14H,3-4,9,11-12,22H2. The van der Waals surface area contributed by atoms with Gasteiger partial charge in [-0.2, -0.15) is 0 Å². The van der Waals surface area contributed by atoms with Gasteiger partial charge in [-0.3, -0.25) is 0 Å². The second-order valence-electron chi connectivity index (χ2n) is 6.58. The molecule has 1 aliphatic rings. The van der Waals surface area contributed by atoms with Gasteiger partial charge in [-0.25, -0.2) is 9.37 Å². The van der Waals surface area contributed by atoms with E-state index in [4.69, 9.17) is 22.3 Å². The molecule has 1 aliphatic heterocycles. The van der Waals surface area contributed by atoms with Crippen LogP contribution < -0.4 is 10.6 Å². The van der Waals surface area contributed by atoms with E-state index in [0.29, 0.717) is 6.54 Å². The van der Waals surface area contributed by atoms with E-state index in [-0.39, 0.29) is 11.1 Å². The Morgan fingerprint density at radius 3 is 2.88 bits per heavy atom. The zero-order chi connectivity index (χ0) is 17.4. The van der Waals surface area contributed by atoms with Crippen molar-refractivity contribution in [1.82, 2.24) is 9.55 Å². The van der Waals surface area contributed by atoms with Gasteiger partial charge in [0, 0.05) is 19.1 Å². The Morgan fingerprint density at radius 2 is 2.08 bits per heavy atom. The Balaban J connectivity index is 1.77. The van der Waals surface area contributed by atoms with Gasteiger partial charge in [0.2, 0.25) is 5.95 Å². The van der Waals surface area contributed by atoms with Crippen LogP contribution in [0.1, 0.15) is 18.4 Å². The first kappa shape index (κ1) is 16.4. The number of piperidine rings is 1. The van der Waals surface area contributed by atoms with Crippen LogP contribution >= 0.6 is 11.6 Å². The first-order valence-electron chi connectivity index (χ1n) is 8.51. The van der Waals surface area contributed by atoms with Crippen molar-refractivity contribution in [3.8, 4) is 0 Å². The summed E-state index contributed by atoms with van der Waals surface area (Å²) in [5.41, 5.74) is 8.98. The molecular formula is C19H20ClFN4. The number of imidazole rings is 1. The average molecular weight is 359 g/mol. The molecule has 0 bridgehead atoms. The normalized spacial score (nSPS) is 18.0. The molecule has 2 aromatic carbocycles. The lowest BCUT2D eigenvalue weighted by Gasteiger charge is -2.32. The highest BCUT2D eigenvalue weighted by atomic mass is 35.5. The van der Waals surface area contributed by atoms with E-state index in [1.807, 2.05) is 30.3 Å². The van der Waals surface area contributed by atoms with Crippen molar-refractivity contribution >= 4 is 28.6 Å². The summed E-state index contributed by atoms with van der Waals surface area (Å²) in [5.74, 6) is 0.497. The van der Waals surface area contributed by atoms with Crippen molar-refractivity contribution in [2.45, 2.75) is 25.4 Å². The predicted molar refractivity (Wildman–Crippen MR) is 99.7 cm³/mol. The van der Waals surface area contributed by atoms with Crippen molar-refractivity contribution in [3.63, 3.8) is 0 Å². The Bertz CT molecular complexity index is 908. The summed E-state index contributed by atoms with van der Waals surface area (Å²) in [7, 11) is 0. The summed E-state index contributed by atoms with van der Waals surface area (Å²) in [6, 6.07) is 13.1. The summed E-state index contributed by atoms with van der Waals surface area (Å²) in [6.45, 7) is 2.26. The predicted octanol–water partition coefficient (Wildman–Crippen LogP) is 3.80. The number of anilines is 1. The van der Waals surface area contributed by atoms with Crippen molar-refractivity contribution < 1.29 is 4.39 Å². The van der Waals surface area contributed by atoms with E-state index in [2.05, 4.69) is 9.47 Å². The van der Waals surface area contributed by atoms with E-state index in [1.165, 1.54) is 6.07 Å². The molecule has 1 atom stereocenters. The molecule has 2 N–H and O–H groups in total. The molecule has 0 amide bonds. The molecule has 1 unspecified atom stereocenters. The summed E-state index contributed by atoms with van der Waals surface area (Å²) in [6.07, 6.45) is 2.10. The van der Waals surface area contributed by atoms with E-state index in [9.17, 15) is 4.39 Å². The molecule has 0 spiro atoms. The quantitative estimate of drug-likeness (QED) is 0.774. The number of benzene rings is 2. The number of nitrogens with zero attached hydrogens (tertiary/aromatic N) is 3. The molecule has 0 aliphatic carbocycles. The molecule has 1 saturated heterocycles. The fourth-order valence-electron chi connectivity index (χ4n) is 3.47. The number of para-hydroxylation sites is 2. The number of nitrogens with two attached hydrogens (primary N) is 1. The number of rotatable bonds is 3. The maximum atomic E-state index is 13.8. The third kappa shape index (κ3) is 3.22. The number of aromatic nitrogens is 2. The Morgan fingerprint density at radius 1 is 1.24 bits per heavy atom. The van der Waals surface area contributed by atoms with Crippen molar-refractivity contribution in [1.29, 1.82) is 0 Å². The minimum Gasteiger partial charge on any atom is -0.341 e. The molecule has 130 valence electrons. The number of fused-ring (bicyclic) bond motifs is 1. The monoisotopic (exact) mass is 358 g/mol. The average Bonchev–Trinajstić information content (AvgIpc) is 2.97. The molecule has 1 fully saturated rings. The highest BCUT2D eigenvalue weighted by molar-refractivity contribution is 6.30. The SMILES string of the molecule is NC1CCCN(c2nc3ccccc3n2Cc2ccc(Cl)c(F)c2)C1. The van der Waals surface area contributed by atoms with Crippen molar-refractivity contribution in [3.05, 3.63) is 58.9 Å². The minimum absolute atomic E-state index is 0.140. The van der Waals surface area contributed by atoms with Crippen LogP contribution in [0.3, 0.4) is 0 Å². The zero-order valence-electron chi connectivity index (χ0n) is 13.8. The van der Waals surface area contributed by atoms with Gasteiger partial charge in [-0.1, -0.05) is 29.8 Å². The van der Waals surface area contributed by atoms with Gasteiger partial charge in [0.25, 0.3) is 0 Å². The maximum Gasteiger partial charge on any atom is 0.206 e. The largest absolute Gasteiger partial charge is 0.341 e. The third-order valence-corrected chi connectivity index (χ3v) is 5.01. The molecule has 1 aromatic heterocycles. The summed E-state index contributed by atoms with van der Waals surface area (Å²) >= 11 is 5.81. The second-order valence-corrected chi connectivity index (χ2v) is 6.99. The van der Waals surface area contributed by atoms with Crippen molar-refractivity contribution in [2.24, 2.45) is 5.73 Å². The lowest BCUT2D eigenvalue weighted by molar-refractivity contribution is 0.495. The van der Waals surface area contributed by atoms with Crippen LogP contribution in [-0.2, 0) is 6.54 Å². The van der Waals surface area contributed by atoms with Crippen LogP contribution in [0.4, 0.5) is 10.3 Å². The minimum atomic E-state index is -0.398. The van der Waals surface area contributed by atoms with Crippen LogP contribution in [0.5, 0.6) is 0 Å². The van der Waals surface area contributed by atoms with E-state index in [1.54, 1.807) is 6.07 Å². The van der Waals surface area contributed by atoms with Gasteiger partial charge in [0.15, 0.2) is 0 Å². The van der Waals surface area contributed by atoms with Gasteiger partial charge >= 0.3 is 0 Å². The molecule has 0 radical (unpaired) electrons. The molecule has 4 rings (SSSR count). The Hall–Kier alpha value is -2.11. The molecule has 6 heteroatoms. The number of halogens is 2. The van der Waals surface area contributed by atoms with Crippen LogP contribution in [-0.4, -0.2) is 28.7 Å². The van der Waals surface area contributed by atoms with Gasteiger partial charge in [-0.15, -0.1) is 0 Å². The highest BCUT2D eigenvalue weighted by Crippen LogP contribution is 2.27. The fraction of sp³-hybridized carbons (Fsp3) is 0.316. The summed E-state index contributed by atoms with van der Waals surface area (Å²) < 4.78 is 16.0. The van der Waals surface area contributed by atoms with Gasteiger partial charge < -0.3 is 15.2 Å². The highest BCUT2D eigenvalue weighted by Gasteiger charge is 2.22. The molecule has 4 nitrogen and oxygen atoms in total. The number of hydrogen-bond donors (Lipinski definition) is 1. The third-order valence-electron chi connectivity index (χ3n) is 4.70. The van der Waals surface area contributed by atoms with E-state index >= 15 is 0 Å². The zero-order valence-corrected chi connectivity index (χ0v) is 14.6. The molecular weight excluding hydrogens is 339 g/mol. The lowest BCUT2D eigenvalue weighted by atomic mass is 10.1. The van der Waals surface area contributed by atoms with Crippen LogP contribution in [0.15, 0.2) is 42.5 Å². The summed E-state index contributed by atoms with van der Waals surface area (Å²) in [4.78, 5) is 7.06. The first-order valence-corrected chi connectivity index (χ1v) is 8.89. The fourth-order valence-corrected chi connectivity index (χ4v) is 3.59. The van der Waals surface area contributed by atoms with Crippen LogP contribution in [0, 0.1) is 5.82 Å². The maximum absolute atomic E-state index is 13.8. The molecule has 0 saturated carbocycles. The first-order chi connectivity index (χ1) is 12.1. The lowest BCUT2D eigenvalue weighted by Crippen LogP contribution is -2.44. The van der Waals surface area contributed by atoms with Gasteiger partial charge in [0.05, 0.1) is 22.6 Å². The van der Waals surface area contributed by atoms with Crippen LogP contribution in [0.2, 0.25) is 5.02 Å². The topological polar surface area (TPSA) is 47.1 Å². The van der Waals surface area contributed by atoms with Crippen LogP contribution in [0.25, 0.3) is 11.0 Å². The summed E-state index contributed by atoms with van der Waals surface area (Å²) in [5, 5.41) is 0.140. The molecule has 25 heavy (non-hydrogen) atoms. The van der Waals surface area contributed by atoms with Gasteiger partial charge in [-0.05, 0) is 42.7 Å². The van der Waals surface area contributed by atoms with E-state index < -0.39 is 5.82 Å². The van der Waals surface area contributed by atoms with Crippen molar-refractivity contribution in [2.75, 3.05) is 18.0 Å². The Kier molecular flexibility index (Phi) is 4.36. The Labute approximate surface area is 151 Å². The van der Waals surface area contributed by atoms with Gasteiger partial charge in [0.1, 0.15) is 5.82 Å². The smallest absolute Gasteiger partial charge is 0.206 e. The molecule has 2 heterocycles. The molecule has 3 aromatic rings. The number of hydrogen-bond acceptors (Lipinski definition) is 3.